The van der Waals surface area contributed by atoms with Gasteiger partial charge in [-0.2, -0.15) is 0 Å². The monoisotopic (exact) mass is 312 g/mol. The van der Waals surface area contributed by atoms with Crippen LogP contribution in [0, 0.1) is 5.41 Å². The number of nitrogens with one attached hydrogen (secondary N) is 1. The van der Waals surface area contributed by atoms with Gasteiger partial charge in [0.05, 0.1) is 5.52 Å². The van der Waals surface area contributed by atoms with Gasteiger partial charge < -0.3 is 5.32 Å². The molecule has 0 atom stereocenters. The Labute approximate surface area is 139 Å². The van der Waals surface area contributed by atoms with Crippen molar-refractivity contribution in [2.24, 2.45) is 5.41 Å². The lowest BCUT2D eigenvalue weighted by molar-refractivity contribution is 0.0858. The second-order valence-electron chi connectivity index (χ2n) is 7.97. The summed E-state index contributed by atoms with van der Waals surface area (Å²) in [6.45, 7) is 12.4. The van der Waals surface area contributed by atoms with Crippen LogP contribution in [0.3, 0.4) is 0 Å². The number of anilines is 1. The predicted molar refractivity (Wildman–Crippen MR) is 98.1 cm³/mol. The summed E-state index contributed by atoms with van der Waals surface area (Å²) >= 11 is 0. The van der Waals surface area contributed by atoms with Crippen molar-refractivity contribution in [2.75, 3.05) is 5.32 Å². The molecule has 0 aliphatic carbocycles. The number of nitrogens with zero attached hydrogens (tertiary/aromatic N) is 1. The van der Waals surface area contributed by atoms with Gasteiger partial charge in [0.25, 0.3) is 0 Å². The number of hydrogen-bond donors (Lipinski definition) is 1. The fourth-order valence-corrected chi connectivity index (χ4v) is 2.83. The molecule has 2 aromatic rings. The molecule has 2 rings (SSSR count). The Balaban J connectivity index is 2.31. The van der Waals surface area contributed by atoms with Crippen LogP contribution in [0.5, 0.6) is 0 Å². The lowest BCUT2D eigenvalue weighted by atomic mass is 9.87. The van der Waals surface area contributed by atoms with E-state index in [0.717, 1.165) is 29.4 Å². The van der Waals surface area contributed by atoms with Crippen LogP contribution in [-0.2, 0) is 0 Å². The molecule has 1 aromatic heterocycles. The molecule has 0 aliphatic rings. The number of benzene rings is 1. The molecular formula is C20H28N2O. The average molecular weight is 312 g/mol. The number of carbonyl (C=O) groups excluding carboxylic acids is 1. The SMILES string of the molecule is CCCC(C)(C)Nc1ccc2cc(C(=O)C(C)(C)C)cnc2c1. The first-order valence-electron chi connectivity index (χ1n) is 8.35. The maximum Gasteiger partial charge on any atom is 0.169 e. The van der Waals surface area contributed by atoms with Gasteiger partial charge in [-0.1, -0.05) is 40.2 Å². The van der Waals surface area contributed by atoms with Gasteiger partial charge >= 0.3 is 0 Å². The minimum atomic E-state index is -0.388. The first kappa shape index (κ1) is 17.5. The van der Waals surface area contributed by atoms with E-state index in [9.17, 15) is 4.79 Å². The van der Waals surface area contributed by atoms with Crippen molar-refractivity contribution >= 4 is 22.4 Å². The van der Waals surface area contributed by atoms with E-state index in [-0.39, 0.29) is 16.7 Å². The summed E-state index contributed by atoms with van der Waals surface area (Å²) in [7, 11) is 0. The minimum Gasteiger partial charge on any atom is -0.380 e. The Morgan fingerprint density at radius 1 is 1.13 bits per heavy atom. The van der Waals surface area contributed by atoms with E-state index in [1.807, 2.05) is 32.9 Å². The molecule has 0 spiro atoms. The molecule has 1 N–H and O–H groups in total. The fraction of sp³-hybridized carbons (Fsp3) is 0.500. The number of ketones is 1. The summed E-state index contributed by atoms with van der Waals surface area (Å²) in [5.74, 6) is 0.123. The Bertz CT molecular complexity index is 711. The summed E-state index contributed by atoms with van der Waals surface area (Å²) in [6.07, 6.45) is 3.94. The van der Waals surface area contributed by atoms with Crippen molar-refractivity contribution in [3.8, 4) is 0 Å². The highest BCUT2D eigenvalue weighted by molar-refractivity contribution is 6.02. The average Bonchev–Trinajstić information content (AvgIpc) is 2.44. The standard InChI is InChI=1S/C20H28N2O/c1-7-10-20(5,6)22-16-9-8-14-11-15(13-21-17(14)12-16)18(23)19(2,3)4/h8-9,11-13,22H,7,10H2,1-6H3. The molecule has 1 aromatic carbocycles. The summed E-state index contributed by atoms with van der Waals surface area (Å²) in [5.41, 5.74) is 2.33. The number of fused-ring (bicyclic) bond motifs is 1. The first-order chi connectivity index (χ1) is 10.6. The van der Waals surface area contributed by atoms with Gasteiger partial charge in [0.2, 0.25) is 0 Å². The minimum absolute atomic E-state index is 0.0601. The molecule has 0 saturated heterocycles. The maximum absolute atomic E-state index is 12.4. The largest absolute Gasteiger partial charge is 0.380 e. The Hall–Kier alpha value is -1.90. The molecule has 3 nitrogen and oxygen atoms in total. The van der Waals surface area contributed by atoms with Crippen LogP contribution in [0.15, 0.2) is 30.5 Å². The zero-order valence-corrected chi connectivity index (χ0v) is 15.2. The third kappa shape index (κ3) is 4.31. The Kier molecular flexibility index (Phi) is 4.79. The summed E-state index contributed by atoms with van der Waals surface area (Å²) < 4.78 is 0. The van der Waals surface area contributed by atoms with Crippen molar-refractivity contribution in [1.29, 1.82) is 0 Å². The Morgan fingerprint density at radius 3 is 2.43 bits per heavy atom. The highest BCUT2D eigenvalue weighted by Crippen LogP contribution is 2.26. The van der Waals surface area contributed by atoms with Crippen molar-refractivity contribution in [3.63, 3.8) is 0 Å². The molecule has 23 heavy (non-hydrogen) atoms. The molecule has 0 aliphatic heterocycles. The van der Waals surface area contributed by atoms with E-state index in [2.05, 4.69) is 43.2 Å². The quantitative estimate of drug-likeness (QED) is 0.746. The van der Waals surface area contributed by atoms with Gasteiger partial charge in [0.15, 0.2) is 5.78 Å². The van der Waals surface area contributed by atoms with Crippen LogP contribution in [0.1, 0.15) is 64.7 Å². The zero-order chi connectivity index (χ0) is 17.3. The van der Waals surface area contributed by atoms with E-state index in [0.29, 0.717) is 5.56 Å². The number of pyridine rings is 1. The van der Waals surface area contributed by atoms with Crippen LogP contribution in [0.25, 0.3) is 10.9 Å². The van der Waals surface area contributed by atoms with E-state index < -0.39 is 0 Å². The van der Waals surface area contributed by atoms with Crippen LogP contribution < -0.4 is 5.32 Å². The lowest BCUT2D eigenvalue weighted by Crippen LogP contribution is -2.30. The topological polar surface area (TPSA) is 42.0 Å². The van der Waals surface area contributed by atoms with Crippen LogP contribution in [0.4, 0.5) is 5.69 Å². The molecule has 124 valence electrons. The van der Waals surface area contributed by atoms with Crippen LogP contribution in [0.2, 0.25) is 0 Å². The second-order valence-corrected chi connectivity index (χ2v) is 7.97. The normalized spacial score (nSPS) is 12.4. The van der Waals surface area contributed by atoms with Gasteiger partial charge in [-0.05, 0) is 38.5 Å². The lowest BCUT2D eigenvalue weighted by Gasteiger charge is -2.27. The molecule has 0 fully saturated rings. The van der Waals surface area contributed by atoms with Gasteiger partial charge in [-0.3, -0.25) is 9.78 Å². The molecule has 1 heterocycles. The van der Waals surface area contributed by atoms with Crippen LogP contribution in [-0.4, -0.2) is 16.3 Å². The van der Waals surface area contributed by atoms with E-state index in [1.165, 1.54) is 0 Å². The molecule has 0 unspecified atom stereocenters. The predicted octanol–water partition coefficient (Wildman–Crippen LogP) is 5.45. The molecule has 0 radical (unpaired) electrons. The summed E-state index contributed by atoms with van der Waals surface area (Å²) in [5, 5.41) is 4.57. The van der Waals surface area contributed by atoms with Crippen molar-refractivity contribution in [1.82, 2.24) is 4.98 Å². The van der Waals surface area contributed by atoms with E-state index >= 15 is 0 Å². The van der Waals surface area contributed by atoms with Crippen molar-refractivity contribution < 1.29 is 4.79 Å². The van der Waals surface area contributed by atoms with Crippen molar-refractivity contribution in [2.45, 2.75) is 59.9 Å². The highest BCUT2D eigenvalue weighted by Gasteiger charge is 2.23. The van der Waals surface area contributed by atoms with Gasteiger partial charge in [0.1, 0.15) is 0 Å². The number of Topliss-reactive ketones (excluding diaryl/α,β-unsaturated/α-hetero) is 1. The number of rotatable bonds is 5. The molecule has 0 bridgehead atoms. The number of hydrogen-bond acceptors (Lipinski definition) is 3. The first-order valence-corrected chi connectivity index (χ1v) is 8.35. The third-order valence-corrected chi connectivity index (χ3v) is 3.99. The van der Waals surface area contributed by atoms with E-state index in [1.54, 1.807) is 6.20 Å². The van der Waals surface area contributed by atoms with Gasteiger partial charge in [-0.25, -0.2) is 0 Å². The van der Waals surface area contributed by atoms with Crippen LogP contribution >= 0.6 is 0 Å². The van der Waals surface area contributed by atoms with E-state index in [4.69, 9.17) is 0 Å². The highest BCUT2D eigenvalue weighted by atomic mass is 16.1. The zero-order valence-electron chi connectivity index (χ0n) is 15.2. The molecular weight excluding hydrogens is 284 g/mol. The summed E-state index contributed by atoms with van der Waals surface area (Å²) in [4.78, 5) is 16.9. The van der Waals surface area contributed by atoms with Gasteiger partial charge in [-0.15, -0.1) is 0 Å². The molecule has 0 saturated carbocycles. The number of carbonyl (C=O) groups is 1. The maximum atomic E-state index is 12.4. The van der Waals surface area contributed by atoms with Gasteiger partial charge in [0, 0.05) is 33.8 Å². The molecule has 0 amide bonds. The smallest absolute Gasteiger partial charge is 0.169 e. The van der Waals surface area contributed by atoms with Crippen molar-refractivity contribution in [3.05, 3.63) is 36.0 Å². The summed E-state index contributed by atoms with van der Waals surface area (Å²) in [6, 6.07) is 8.09. The second kappa shape index (κ2) is 6.31. The Morgan fingerprint density at radius 2 is 1.83 bits per heavy atom. The number of aromatic nitrogens is 1. The third-order valence-electron chi connectivity index (χ3n) is 3.99. The fourth-order valence-electron chi connectivity index (χ4n) is 2.83. The molecule has 3 heteroatoms.